The van der Waals surface area contributed by atoms with Crippen LogP contribution in [0.25, 0.3) is 0 Å². The topological polar surface area (TPSA) is 34.9 Å². The van der Waals surface area contributed by atoms with Crippen LogP contribution in [0, 0.1) is 0 Å². The number of hydrogen-bond acceptors (Lipinski definition) is 2. The number of Topliss-reactive ketones (excluding diaryl/α,β-unsaturated/α-hetero) is 1. The molecule has 2 rings (SSSR count). The number of hydrogen-bond donors (Lipinski definition) is 0. The van der Waals surface area contributed by atoms with Crippen LogP contribution in [0.2, 0.25) is 0 Å². The van der Waals surface area contributed by atoms with Gasteiger partial charge in [0.2, 0.25) is 0 Å². The number of carbonyl (C=O) groups is 1. The maximum atomic E-state index is 12.2. The maximum Gasteiger partial charge on any atom is 0.143 e. The van der Waals surface area contributed by atoms with Gasteiger partial charge in [0.15, 0.2) is 0 Å². The van der Waals surface area contributed by atoms with Crippen molar-refractivity contribution in [2.45, 2.75) is 39.7 Å². The largest absolute Gasteiger partial charge is 0.299 e. The molecule has 0 unspecified atom stereocenters. The van der Waals surface area contributed by atoms with Crippen LogP contribution in [-0.4, -0.2) is 15.6 Å². The summed E-state index contributed by atoms with van der Waals surface area (Å²) in [6.45, 7) is 4.94. The molecule has 0 bridgehead atoms. The van der Waals surface area contributed by atoms with Crippen molar-refractivity contribution < 1.29 is 4.79 Å². The van der Waals surface area contributed by atoms with Gasteiger partial charge in [-0.3, -0.25) is 9.48 Å². The van der Waals surface area contributed by atoms with Crippen molar-refractivity contribution in [2.75, 3.05) is 0 Å². The van der Waals surface area contributed by atoms with Crippen molar-refractivity contribution in [1.29, 1.82) is 0 Å². The SMILES string of the molecule is CCc1cc(CC(=O)Cc2ccc(Br)cc2)n(CC)n1. The number of benzene rings is 1. The molecule has 0 aliphatic carbocycles. The molecule has 1 aromatic heterocycles. The molecule has 20 heavy (non-hydrogen) atoms. The highest BCUT2D eigenvalue weighted by atomic mass is 79.9. The van der Waals surface area contributed by atoms with Gasteiger partial charge < -0.3 is 0 Å². The predicted octanol–water partition coefficient (Wildman–Crippen LogP) is 3.58. The average Bonchev–Trinajstić information content (AvgIpc) is 2.83. The smallest absolute Gasteiger partial charge is 0.143 e. The summed E-state index contributed by atoms with van der Waals surface area (Å²) >= 11 is 3.40. The van der Waals surface area contributed by atoms with Crippen LogP contribution >= 0.6 is 15.9 Å². The van der Waals surface area contributed by atoms with Crippen molar-refractivity contribution in [1.82, 2.24) is 9.78 Å². The number of ketones is 1. The fraction of sp³-hybridized carbons (Fsp3) is 0.375. The zero-order chi connectivity index (χ0) is 14.5. The van der Waals surface area contributed by atoms with Gasteiger partial charge in [-0.15, -0.1) is 0 Å². The lowest BCUT2D eigenvalue weighted by atomic mass is 10.1. The normalized spacial score (nSPS) is 10.8. The highest BCUT2D eigenvalue weighted by molar-refractivity contribution is 9.10. The van der Waals surface area contributed by atoms with E-state index in [1.807, 2.05) is 35.0 Å². The lowest BCUT2D eigenvalue weighted by molar-refractivity contribution is -0.117. The third-order valence-corrected chi connectivity index (χ3v) is 3.80. The molecule has 0 atom stereocenters. The maximum absolute atomic E-state index is 12.2. The molecule has 106 valence electrons. The van der Waals surface area contributed by atoms with Crippen LogP contribution in [0.1, 0.15) is 30.8 Å². The van der Waals surface area contributed by atoms with E-state index in [4.69, 9.17) is 0 Å². The number of nitrogens with zero attached hydrogens (tertiary/aromatic N) is 2. The van der Waals surface area contributed by atoms with Crippen LogP contribution < -0.4 is 0 Å². The fourth-order valence-corrected chi connectivity index (χ4v) is 2.46. The molecule has 1 aromatic carbocycles. The lowest BCUT2D eigenvalue weighted by Gasteiger charge is -2.04. The van der Waals surface area contributed by atoms with Crippen LogP contribution in [0.3, 0.4) is 0 Å². The summed E-state index contributed by atoms with van der Waals surface area (Å²) in [5.74, 6) is 0.226. The van der Waals surface area contributed by atoms with Crippen LogP contribution in [-0.2, 0) is 30.6 Å². The summed E-state index contributed by atoms with van der Waals surface area (Å²) in [5.41, 5.74) is 3.13. The summed E-state index contributed by atoms with van der Waals surface area (Å²) in [6, 6.07) is 9.94. The number of halogens is 1. The van der Waals surface area contributed by atoms with Gasteiger partial charge >= 0.3 is 0 Å². The molecule has 0 saturated heterocycles. The van der Waals surface area contributed by atoms with Gasteiger partial charge in [-0.25, -0.2) is 0 Å². The Hall–Kier alpha value is -1.42. The monoisotopic (exact) mass is 334 g/mol. The Kier molecular flexibility index (Phi) is 5.12. The molecule has 0 spiro atoms. The van der Waals surface area contributed by atoms with Gasteiger partial charge in [0.25, 0.3) is 0 Å². The minimum atomic E-state index is 0.226. The van der Waals surface area contributed by atoms with Crippen LogP contribution in [0.5, 0.6) is 0 Å². The van der Waals surface area contributed by atoms with E-state index in [9.17, 15) is 4.79 Å². The zero-order valence-electron chi connectivity index (χ0n) is 11.9. The van der Waals surface area contributed by atoms with Crippen LogP contribution in [0.4, 0.5) is 0 Å². The number of aromatic nitrogens is 2. The Bertz CT molecular complexity index is 587. The Morgan fingerprint density at radius 3 is 2.50 bits per heavy atom. The van der Waals surface area contributed by atoms with Gasteiger partial charge in [0.05, 0.1) is 5.69 Å². The molecular weight excluding hydrogens is 316 g/mol. The van der Waals surface area contributed by atoms with Crippen molar-refractivity contribution in [3.8, 4) is 0 Å². The molecule has 1 heterocycles. The first kappa shape index (κ1) is 15.0. The molecule has 0 aliphatic rings. The summed E-state index contributed by atoms with van der Waals surface area (Å²) < 4.78 is 2.96. The first-order valence-electron chi connectivity index (χ1n) is 6.94. The number of carbonyl (C=O) groups excluding carboxylic acids is 1. The highest BCUT2D eigenvalue weighted by Crippen LogP contribution is 2.13. The van der Waals surface area contributed by atoms with E-state index in [-0.39, 0.29) is 5.78 Å². The number of aryl methyl sites for hydroxylation is 2. The van der Waals surface area contributed by atoms with E-state index >= 15 is 0 Å². The Morgan fingerprint density at radius 1 is 1.20 bits per heavy atom. The molecule has 0 radical (unpaired) electrons. The molecule has 0 aliphatic heterocycles. The number of rotatable bonds is 6. The van der Waals surface area contributed by atoms with E-state index in [0.29, 0.717) is 12.8 Å². The Morgan fingerprint density at radius 2 is 1.90 bits per heavy atom. The van der Waals surface area contributed by atoms with Gasteiger partial charge in [-0.2, -0.15) is 5.10 Å². The lowest BCUT2D eigenvalue weighted by Crippen LogP contribution is -2.11. The second-order valence-electron chi connectivity index (χ2n) is 4.82. The summed E-state index contributed by atoms with van der Waals surface area (Å²) in [7, 11) is 0. The van der Waals surface area contributed by atoms with Crippen molar-refractivity contribution in [3.63, 3.8) is 0 Å². The van der Waals surface area contributed by atoms with E-state index in [0.717, 1.165) is 34.4 Å². The minimum Gasteiger partial charge on any atom is -0.299 e. The third kappa shape index (κ3) is 3.79. The van der Waals surface area contributed by atoms with Crippen LogP contribution in [0.15, 0.2) is 34.8 Å². The summed E-state index contributed by atoms with van der Waals surface area (Å²) in [6.07, 6.45) is 1.83. The zero-order valence-corrected chi connectivity index (χ0v) is 13.5. The van der Waals surface area contributed by atoms with E-state index in [2.05, 4.69) is 34.9 Å². The second kappa shape index (κ2) is 6.84. The highest BCUT2D eigenvalue weighted by Gasteiger charge is 2.11. The average molecular weight is 335 g/mol. The molecular formula is C16H19BrN2O. The standard InChI is InChI=1S/C16H19BrN2O/c1-3-14-10-15(19(4-2)18-14)11-16(20)9-12-5-7-13(17)8-6-12/h5-8,10H,3-4,9,11H2,1-2H3. The molecule has 3 nitrogen and oxygen atoms in total. The minimum absolute atomic E-state index is 0.226. The molecule has 2 aromatic rings. The van der Waals surface area contributed by atoms with E-state index in [1.54, 1.807) is 0 Å². The van der Waals surface area contributed by atoms with Gasteiger partial charge in [-0.05, 0) is 37.1 Å². The summed E-state index contributed by atoms with van der Waals surface area (Å²) in [4.78, 5) is 12.2. The van der Waals surface area contributed by atoms with E-state index < -0.39 is 0 Å². The molecule has 0 amide bonds. The Balaban J connectivity index is 2.04. The van der Waals surface area contributed by atoms with Gasteiger partial charge in [0.1, 0.15) is 5.78 Å². The van der Waals surface area contributed by atoms with Gasteiger partial charge in [-0.1, -0.05) is 35.0 Å². The molecule has 0 N–H and O–H groups in total. The fourth-order valence-electron chi connectivity index (χ4n) is 2.20. The first-order valence-corrected chi connectivity index (χ1v) is 7.73. The summed E-state index contributed by atoms with van der Waals surface area (Å²) in [5, 5.41) is 4.48. The van der Waals surface area contributed by atoms with Crippen molar-refractivity contribution >= 4 is 21.7 Å². The first-order chi connectivity index (χ1) is 9.62. The third-order valence-electron chi connectivity index (χ3n) is 3.27. The molecule has 4 heteroatoms. The molecule has 0 saturated carbocycles. The predicted molar refractivity (Wildman–Crippen MR) is 83.8 cm³/mol. The Labute approximate surface area is 128 Å². The molecule has 0 fully saturated rings. The second-order valence-corrected chi connectivity index (χ2v) is 5.73. The quantitative estimate of drug-likeness (QED) is 0.809. The van der Waals surface area contributed by atoms with Crippen molar-refractivity contribution in [3.05, 3.63) is 51.8 Å². The van der Waals surface area contributed by atoms with Crippen molar-refractivity contribution in [2.24, 2.45) is 0 Å². The van der Waals surface area contributed by atoms with E-state index in [1.165, 1.54) is 0 Å². The van der Waals surface area contributed by atoms with Gasteiger partial charge in [0, 0.05) is 29.6 Å².